The number of hydrogen-bond donors (Lipinski definition) is 3. The van der Waals surface area contributed by atoms with Gasteiger partial charge in [-0.15, -0.1) is 0 Å². The van der Waals surface area contributed by atoms with Crippen molar-refractivity contribution in [3.8, 4) is 0 Å². The molecule has 1 unspecified atom stereocenters. The number of carbonyl (C=O) groups is 1. The number of hydrazine groups is 1. The van der Waals surface area contributed by atoms with Gasteiger partial charge < -0.3 is 20.0 Å². The zero-order valence-corrected chi connectivity index (χ0v) is 19.9. The van der Waals surface area contributed by atoms with E-state index in [4.69, 9.17) is 5.41 Å². The molecule has 0 bridgehead atoms. The molecule has 31 heavy (non-hydrogen) atoms. The number of aliphatic imine (C=N–C) groups is 1. The predicted molar refractivity (Wildman–Crippen MR) is 125 cm³/mol. The van der Waals surface area contributed by atoms with Crippen molar-refractivity contribution in [2.24, 2.45) is 10.9 Å². The number of amidine groups is 1. The monoisotopic (exact) mass is 454 g/mol. The Morgan fingerprint density at radius 2 is 2.03 bits per heavy atom. The van der Waals surface area contributed by atoms with Gasteiger partial charge in [-0.05, 0) is 19.8 Å². The van der Waals surface area contributed by atoms with Crippen LogP contribution in [-0.4, -0.2) is 89.6 Å². The van der Waals surface area contributed by atoms with Crippen molar-refractivity contribution in [1.29, 1.82) is 5.41 Å². The Labute approximate surface area is 188 Å². The van der Waals surface area contributed by atoms with Gasteiger partial charge in [-0.1, -0.05) is 25.3 Å². The topological polar surface area (TPSA) is 90.3 Å². The van der Waals surface area contributed by atoms with E-state index in [1.807, 2.05) is 23.8 Å². The number of likely N-dealkylation sites (tertiary alicyclic amines) is 2. The van der Waals surface area contributed by atoms with E-state index in [1.54, 1.807) is 24.0 Å². The minimum Gasteiger partial charge on any atom is -0.373 e. The lowest BCUT2D eigenvalue weighted by atomic mass is 9.97. The van der Waals surface area contributed by atoms with E-state index in [0.29, 0.717) is 31.3 Å². The molecule has 0 radical (unpaired) electrons. The number of allylic oxidation sites excluding steroid dienone is 1. The summed E-state index contributed by atoms with van der Waals surface area (Å²) in [6.07, 6.45) is 3.21. The van der Waals surface area contributed by atoms with E-state index in [0.717, 1.165) is 37.0 Å². The maximum absolute atomic E-state index is 13.3. The average Bonchev–Trinajstić information content (AvgIpc) is 2.63. The van der Waals surface area contributed by atoms with Crippen molar-refractivity contribution in [2.45, 2.75) is 32.2 Å². The van der Waals surface area contributed by atoms with Crippen LogP contribution in [0.4, 0.5) is 4.39 Å². The van der Waals surface area contributed by atoms with Crippen LogP contribution in [0.3, 0.4) is 0 Å². The van der Waals surface area contributed by atoms with Crippen LogP contribution in [0.1, 0.15) is 26.7 Å². The molecule has 2 fully saturated rings. The number of thioether (sulfide) groups is 1. The summed E-state index contributed by atoms with van der Waals surface area (Å²) in [6, 6.07) is 0. The Hall–Kier alpha value is -2.43. The molecule has 2 saturated heterocycles. The maximum atomic E-state index is 13.3. The van der Waals surface area contributed by atoms with E-state index >= 15 is 0 Å². The highest BCUT2D eigenvalue weighted by Gasteiger charge is 2.39. The quantitative estimate of drug-likeness (QED) is 0.293. The Bertz CT molecular complexity index is 731. The summed E-state index contributed by atoms with van der Waals surface area (Å²) in [5.74, 6) is 1.56. The van der Waals surface area contributed by atoms with Crippen LogP contribution < -0.4 is 10.7 Å². The molecule has 11 heteroatoms. The fourth-order valence-corrected chi connectivity index (χ4v) is 4.02. The van der Waals surface area contributed by atoms with Crippen molar-refractivity contribution in [1.82, 2.24) is 30.5 Å². The highest BCUT2D eigenvalue weighted by atomic mass is 32.2. The molecule has 9 nitrogen and oxygen atoms in total. The third-order valence-electron chi connectivity index (χ3n) is 5.28. The van der Waals surface area contributed by atoms with Gasteiger partial charge in [0.2, 0.25) is 11.9 Å². The number of halogens is 1. The SMILES string of the molecule is C=C/N=C(/N1CC(C(=O)N2CCC2)C1)N(C)N/C(CC)=C(\NC)N(C)C(=N)SC(C)F. The molecule has 0 saturated carbocycles. The first-order chi connectivity index (χ1) is 14.7. The van der Waals surface area contributed by atoms with Gasteiger partial charge in [0.15, 0.2) is 5.17 Å². The fourth-order valence-electron chi connectivity index (χ4n) is 3.46. The van der Waals surface area contributed by atoms with Gasteiger partial charge in [0.25, 0.3) is 0 Å². The van der Waals surface area contributed by atoms with Crippen molar-refractivity contribution in [2.75, 3.05) is 47.3 Å². The number of carbonyl (C=O) groups excluding carboxylic acids is 1. The molecule has 0 spiro atoms. The second-order valence-corrected chi connectivity index (χ2v) is 8.79. The highest BCUT2D eigenvalue weighted by Crippen LogP contribution is 2.23. The van der Waals surface area contributed by atoms with Crippen LogP contribution >= 0.6 is 11.8 Å². The normalized spacial score (nSPS) is 18.3. The van der Waals surface area contributed by atoms with Gasteiger partial charge in [-0.25, -0.2) is 9.38 Å². The number of alkyl halides is 1. The number of guanidine groups is 1. The van der Waals surface area contributed by atoms with E-state index in [-0.39, 0.29) is 17.0 Å². The van der Waals surface area contributed by atoms with E-state index in [2.05, 4.69) is 22.3 Å². The molecule has 0 aromatic carbocycles. The predicted octanol–water partition coefficient (Wildman–Crippen LogP) is 1.80. The van der Waals surface area contributed by atoms with Gasteiger partial charge >= 0.3 is 0 Å². The van der Waals surface area contributed by atoms with E-state index < -0.39 is 5.50 Å². The first-order valence-electron chi connectivity index (χ1n) is 10.5. The first-order valence-corrected chi connectivity index (χ1v) is 11.4. The van der Waals surface area contributed by atoms with Crippen molar-refractivity contribution < 1.29 is 9.18 Å². The summed E-state index contributed by atoms with van der Waals surface area (Å²) < 4.78 is 13.3. The molecular formula is C20H35FN8OS. The standard InChI is InChI=1S/C20H35FN8OS/c1-7-16(17(23-4)26(5)19(22)31-14(3)21)25-27(6)20(24-8-2)29-12-15(13-29)18(30)28-10-9-11-28/h8,14-15,22-23,25H,2,7,9-13H2,1,3-6H3/b17-16+,22-19?,24-20+. The number of rotatable bonds is 8. The largest absolute Gasteiger partial charge is 0.373 e. The number of hydrogen-bond acceptors (Lipinski definition) is 6. The Morgan fingerprint density at radius 1 is 1.39 bits per heavy atom. The summed E-state index contributed by atoms with van der Waals surface area (Å²) in [5.41, 5.74) is 2.97. The van der Waals surface area contributed by atoms with Crippen LogP contribution in [0.5, 0.6) is 0 Å². The summed E-state index contributed by atoms with van der Waals surface area (Å²) >= 11 is 0.843. The van der Waals surface area contributed by atoms with Crippen LogP contribution in [-0.2, 0) is 4.79 Å². The zero-order chi connectivity index (χ0) is 23.1. The molecule has 0 aromatic rings. The van der Waals surface area contributed by atoms with Crippen molar-refractivity contribution in [3.05, 3.63) is 24.3 Å². The molecule has 3 N–H and O–H groups in total. The fraction of sp³-hybridized carbons (Fsp3) is 0.650. The van der Waals surface area contributed by atoms with Crippen LogP contribution in [0.2, 0.25) is 0 Å². The Morgan fingerprint density at radius 3 is 2.48 bits per heavy atom. The van der Waals surface area contributed by atoms with Crippen LogP contribution in [0, 0.1) is 11.3 Å². The molecule has 1 amide bonds. The summed E-state index contributed by atoms with van der Waals surface area (Å²) in [5, 5.41) is 13.1. The lowest BCUT2D eigenvalue weighted by Crippen LogP contribution is -2.62. The molecule has 1 atom stereocenters. The first kappa shape index (κ1) is 24.8. The summed E-state index contributed by atoms with van der Waals surface area (Å²) in [7, 11) is 5.33. The smallest absolute Gasteiger partial charge is 0.229 e. The second kappa shape index (κ2) is 11.3. The molecule has 2 heterocycles. The van der Waals surface area contributed by atoms with Gasteiger partial charge in [-0.3, -0.25) is 20.6 Å². The molecule has 2 rings (SSSR count). The zero-order valence-electron chi connectivity index (χ0n) is 19.1. The molecule has 2 aliphatic heterocycles. The van der Waals surface area contributed by atoms with Gasteiger partial charge in [0, 0.05) is 53.5 Å². The van der Waals surface area contributed by atoms with Crippen LogP contribution in [0.15, 0.2) is 29.3 Å². The third kappa shape index (κ3) is 6.05. The minimum atomic E-state index is -1.17. The lowest BCUT2D eigenvalue weighted by molar-refractivity contribution is -0.143. The Balaban J connectivity index is 2.08. The maximum Gasteiger partial charge on any atom is 0.229 e. The summed E-state index contributed by atoms with van der Waals surface area (Å²) in [6.45, 7) is 10.1. The van der Waals surface area contributed by atoms with Crippen molar-refractivity contribution in [3.63, 3.8) is 0 Å². The number of nitrogens with zero attached hydrogens (tertiary/aromatic N) is 5. The minimum absolute atomic E-state index is 0.00379. The molecule has 174 valence electrons. The van der Waals surface area contributed by atoms with Crippen molar-refractivity contribution >= 4 is 28.8 Å². The van der Waals surface area contributed by atoms with Gasteiger partial charge in [0.05, 0.1) is 11.6 Å². The van der Waals surface area contributed by atoms with Crippen LogP contribution in [0.25, 0.3) is 0 Å². The lowest BCUT2D eigenvalue weighted by Gasteiger charge is -2.45. The van der Waals surface area contributed by atoms with Gasteiger partial charge in [-0.2, -0.15) is 0 Å². The third-order valence-corrected chi connectivity index (χ3v) is 6.10. The molecule has 2 aliphatic rings. The summed E-state index contributed by atoms with van der Waals surface area (Å²) in [4.78, 5) is 22.4. The highest BCUT2D eigenvalue weighted by molar-refractivity contribution is 8.14. The number of amides is 1. The Kier molecular flexibility index (Phi) is 9.02. The number of nitrogens with one attached hydrogen (secondary N) is 3. The average molecular weight is 455 g/mol. The molecular weight excluding hydrogens is 419 g/mol. The van der Waals surface area contributed by atoms with E-state index in [1.165, 1.54) is 13.1 Å². The molecule has 0 aliphatic carbocycles. The second-order valence-electron chi connectivity index (χ2n) is 7.52. The van der Waals surface area contributed by atoms with Gasteiger partial charge in [0.1, 0.15) is 11.3 Å². The molecule has 0 aromatic heterocycles. The van der Waals surface area contributed by atoms with E-state index in [9.17, 15) is 9.18 Å².